The first-order valence-corrected chi connectivity index (χ1v) is 11.3. The molecule has 0 aliphatic carbocycles. The minimum atomic E-state index is -1.22. The molecule has 3 N–H and O–H groups in total. The smallest absolute Gasteiger partial charge is 0.305 e. The van der Waals surface area contributed by atoms with Crippen molar-refractivity contribution in [3.63, 3.8) is 0 Å². The van der Waals surface area contributed by atoms with Gasteiger partial charge in [-0.15, -0.1) is 0 Å². The summed E-state index contributed by atoms with van der Waals surface area (Å²) in [4.78, 5) is 62.6. The minimum Gasteiger partial charge on any atom is -0.481 e. The van der Waals surface area contributed by atoms with Crippen molar-refractivity contribution in [2.45, 2.75) is 51.2 Å². The van der Waals surface area contributed by atoms with Crippen LogP contribution in [-0.2, 0) is 19.2 Å². The number of amides is 3. The van der Waals surface area contributed by atoms with Gasteiger partial charge in [-0.2, -0.15) is 0 Å². The highest BCUT2D eigenvalue weighted by Crippen LogP contribution is 2.22. The number of fused-ring (bicyclic) bond motifs is 1. The lowest BCUT2D eigenvalue weighted by Gasteiger charge is -2.29. The Kier molecular flexibility index (Phi) is 7.99. The predicted molar refractivity (Wildman–Crippen MR) is 125 cm³/mol. The summed E-state index contributed by atoms with van der Waals surface area (Å²) in [6.07, 6.45) is 0.502. The third-order valence-corrected chi connectivity index (χ3v) is 5.84. The number of hydrogen-bond acceptors (Lipinski definition) is 5. The lowest BCUT2D eigenvalue weighted by molar-refractivity contribution is -0.141. The van der Waals surface area contributed by atoms with Gasteiger partial charge in [-0.05, 0) is 35.6 Å². The molecule has 1 saturated heterocycles. The fourth-order valence-electron chi connectivity index (χ4n) is 4.23. The van der Waals surface area contributed by atoms with E-state index in [9.17, 15) is 24.0 Å². The molecule has 180 valence electrons. The zero-order chi connectivity index (χ0) is 24.8. The summed E-state index contributed by atoms with van der Waals surface area (Å²) in [5.41, 5.74) is 0.461. The number of hydrogen-bond donors (Lipinski definition) is 3. The van der Waals surface area contributed by atoms with Gasteiger partial charge in [0.15, 0.2) is 0 Å². The van der Waals surface area contributed by atoms with Crippen LogP contribution in [-0.4, -0.2) is 64.7 Å². The largest absolute Gasteiger partial charge is 0.481 e. The van der Waals surface area contributed by atoms with Crippen molar-refractivity contribution >= 4 is 40.7 Å². The molecule has 1 aliphatic rings. The van der Waals surface area contributed by atoms with E-state index in [1.807, 2.05) is 44.2 Å². The number of likely N-dealkylation sites (tertiary alicyclic amines) is 1. The van der Waals surface area contributed by atoms with E-state index in [1.165, 1.54) is 4.90 Å². The molecule has 3 amide bonds. The third-order valence-electron chi connectivity index (χ3n) is 5.84. The Labute approximate surface area is 197 Å². The van der Waals surface area contributed by atoms with E-state index in [4.69, 9.17) is 5.11 Å². The van der Waals surface area contributed by atoms with Crippen molar-refractivity contribution in [1.29, 1.82) is 0 Å². The van der Waals surface area contributed by atoms with Crippen LogP contribution in [0, 0.1) is 5.92 Å². The molecule has 9 heteroatoms. The number of carbonyl (C=O) groups is 5. The summed E-state index contributed by atoms with van der Waals surface area (Å²) in [6, 6.07) is 10.0. The summed E-state index contributed by atoms with van der Waals surface area (Å²) in [7, 11) is 0. The van der Waals surface area contributed by atoms with Crippen LogP contribution in [0.15, 0.2) is 42.5 Å². The van der Waals surface area contributed by atoms with Crippen molar-refractivity contribution in [2.75, 3.05) is 6.54 Å². The number of benzene rings is 2. The zero-order valence-corrected chi connectivity index (χ0v) is 19.2. The van der Waals surface area contributed by atoms with Crippen LogP contribution in [0.5, 0.6) is 0 Å². The molecule has 0 bridgehead atoms. The molecule has 2 aromatic rings. The SMILES string of the molecule is CC(C)C[C@@H](C(=O)N[C@H](C=O)CC(=O)O)N1CC[C@@H](NC(=O)c2cccc3ccccc23)C1=O. The maximum absolute atomic E-state index is 13.2. The summed E-state index contributed by atoms with van der Waals surface area (Å²) in [6.45, 7) is 4.05. The lowest BCUT2D eigenvalue weighted by atomic mass is 10.0. The standard InChI is InChI=1S/C25H29N3O6/c1-15(2)12-21(24(33)26-17(14-29)13-22(30)31)28-11-10-20(25(28)34)27-23(32)19-9-5-7-16-6-3-4-8-18(16)19/h3-9,14-15,17,20-21H,10-13H2,1-2H3,(H,26,33)(H,27,32)(H,30,31)/t17-,20+,21-/m0/s1. The predicted octanol–water partition coefficient (Wildman–Crippen LogP) is 1.74. The van der Waals surface area contributed by atoms with Crippen LogP contribution in [0.3, 0.4) is 0 Å². The molecule has 34 heavy (non-hydrogen) atoms. The van der Waals surface area contributed by atoms with Gasteiger partial charge in [0.05, 0.1) is 12.5 Å². The molecule has 3 rings (SSSR count). The first-order chi connectivity index (χ1) is 16.2. The van der Waals surface area contributed by atoms with Gasteiger partial charge in [-0.3, -0.25) is 19.2 Å². The van der Waals surface area contributed by atoms with E-state index >= 15 is 0 Å². The Morgan fingerprint density at radius 2 is 1.85 bits per heavy atom. The number of nitrogens with zero attached hydrogens (tertiary/aromatic N) is 1. The number of carbonyl (C=O) groups excluding carboxylic acids is 4. The van der Waals surface area contributed by atoms with E-state index in [2.05, 4.69) is 10.6 Å². The second-order valence-corrected chi connectivity index (χ2v) is 8.87. The van der Waals surface area contributed by atoms with Crippen molar-refractivity contribution < 1.29 is 29.1 Å². The molecule has 2 aromatic carbocycles. The number of nitrogens with one attached hydrogen (secondary N) is 2. The average molecular weight is 468 g/mol. The molecule has 0 aromatic heterocycles. The summed E-state index contributed by atoms with van der Waals surface area (Å²) < 4.78 is 0. The number of carboxylic acid groups (broad SMARTS) is 1. The molecule has 9 nitrogen and oxygen atoms in total. The monoisotopic (exact) mass is 467 g/mol. The first-order valence-electron chi connectivity index (χ1n) is 11.3. The highest BCUT2D eigenvalue weighted by atomic mass is 16.4. The second-order valence-electron chi connectivity index (χ2n) is 8.87. The number of aliphatic carboxylic acids is 1. The average Bonchev–Trinajstić information content (AvgIpc) is 3.15. The van der Waals surface area contributed by atoms with Crippen LogP contribution in [0.1, 0.15) is 43.5 Å². The van der Waals surface area contributed by atoms with E-state index in [1.54, 1.807) is 12.1 Å². The van der Waals surface area contributed by atoms with Gasteiger partial charge in [-0.1, -0.05) is 50.2 Å². The molecule has 1 fully saturated rings. The van der Waals surface area contributed by atoms with Gasteiger partial charge in [0.2, 0.25) is 11.8 Å². The molecule has 0 radical (unpaired) electrons. The normalized spacial score (nSPS) is 17.4. The van der Waals surface area contributed by atoms with Crippen molar-refractivity contribution in [1.82, 2.24) is 15.5 Å². The van der Waals surface area contributed by atoms with E-state index in [0.29, 0.717) is 24.7 Å². The van der Waals surface area contributed by atoms with Gasteiger partial charge in [0.25, 0.3) is 5.91 Å². The minimum absolute atomic E-state index is 0.0574. The van der Waals surface area contributed by atoms with Crippen LogP contribution in [0.2, 0.25) is 0 Å². The maximum Gasteiger partial charge on any atom is 0.305 e. The van der Waals surface area contributed by atoms with Crippen molar-refractivity contribution in [3.8, 4) is 0 Å². The molecular formula is C25H29N3O6. The number of aldehydes is 1. The van der Waals surface area contributed by atoms with Crippen molar-refractivity contribution in [3.05, 3.63) is 48.0 Å². The Bertz CT molecular complexity index is 1090. The van der Waals surface area contributed by atoms with Crippen molar-refractivity contribution in [2.24, 2.45) is 5.92 Å². The van der Waals surface area contributed by atoms with Gasteiger partial charge in [0, 0.05) is 12.1 Å². The van der Waals surface area contributed by atoms with E-state index in [-0.39, 0.29) is 24.3 Å². The van der Waals surface area contributed by atoms with E-state index in [0.717, 1.165) is 10.8 Å². The summed E-state index contributed by atoms with van der Waals surface area (Å²) in [5, 5.41) is 15.8. The van der Waals surface area contributed by atoms with Crippen LogP contribution in [0.25, 0.3) is 10.8 Å². The summed E-state index contributed by atoms with van der Waals surface area (Å²) in [5.74, 6) is -2.49. The van der Waals surface area contributed by atoms with Gasteiger partial charge < -0.3 is 25.4 Å². The molecule has 3 atom stereocenters. The fourth-order valence-corrected chi connectivity index (χ4v) is 4.23. The lowest BCUT2D eigenvalue weighted by Crippen LogP contribution is -2.53. The van der Waals surface area contributed by atoms with Crippen LogP contribution in [0.4, 0.5) is 0 Å². The molecule has 1 heterocycles. The second kappa shape index (κ2) is 10.9. The first kappa shape index (κ1) is 24.9. The quantitative estimate of drug-likeness (QED) is 0.456. The highest BCUT2D eigenvalue weighted by molar-refractivity contribution is 6.08. The third kappa shape index (κ3) is 5.78. The van der Waals surface area contributed by atoms with E-state index < -0.39 is 36.4 Å². The maximum atomic E-state index is 13.2. The Hall–Kier alpha value is -3.75. The molecule has 0 spiro atoms. The molecule has 0 saturated carbocycles. The summed E-state index contributed by atoms with van der Waals surface area (Å²) >= 11 is 0. The van der Waals surface area contributed by atoms with Gasteiger partial charge in [0.1, 0.15) is 18.4 Å². The molecule has 1 aliphatic heterocycles. The topological polar surface area (TPSA) is 133 Å². The number of carboxylic acids is 1. The zero-order valence-electron chi connectivity index (χ0n) is 19.2. The highest BCUT2D eigenvalue weighted by Gasteiger charge is 2.40. The number of rotatable bonds is 10. The van der Waals surface area contributed by atoms with Gasteiger partial charge in [-0.25, -0.2) is 0 Å². The molecular weight excluding hydrogens is 438 g/mol. The Morgan fingerprint density at radius 3 is 2.53 bits per heavy atom. The van der Waals surface area contributed by atoms with Gasteiger partial charge >= 0.3 is 5.97 Å². The van der Waals surface area contributed by atoms with Crippen LogP contribution >= 0.6 is 0 Å². The van der Waals surface area contributed by atoms with Crippen LogP contribution < -0.4 is 10.6 Å². The molecule has 0 unspecified atom stereocenters. The Balaban J connectivity index is 1.74. The fraction of sp³-hybridized carbons (Fsp3) is 0.400. The Morgan fingerprint density at radius 1 is 1.15 bits per heavy atom.